The summed E-state index contributed by atoms with van der Waals surface area (Å²) in [6.45, 7) is -0.479. The fourth-order valence-corrected chi connectivity index (χ4v) is 14.8. The van der Waals surface area contributed by atoms with E-state index in [9.17, 15) is 78.3 Å². The van der Waals surface area contributed by atoms with Gasteiger partial charge in [-0.3, -0.25) is 86.3 Å². The van der Waals surface area contributed by atoms with Crippen LogP contribution in [-0.4, -0.2) is 278 Å². The first-order chi connectivity index (χ1) is 61.0. The predicted octanol–water partition coefficient (Wildman–Crippen LogP) is -4.43. The number of nitrogens with one attached hydrogen (secondary N) is 15. The third-order valence-corrected chi connectivity index (χ3v) is 21.8. The zero-order valence-electron chi connectivity index (χ0n) is 70.5. The van der Waals surface area contributed by atoms with Gasteiger partial charge in [0.25, 0.3) is 0 Å². The minimum absolute atomic E-state index is 0.0292. The van der Waals surface area contributed by atoms with Crippen molar-refractivity contribution in [3.05, 3.63) is 126 Å². The van der Waals surface area contributed by atoms with Gasteiger partial charge >= 0.3 is 17.9 Å². The number of methoxy groups -OCH3 is 1. The predicted molar refractivity (Wildman–Crippen MR) is 453 cm³/mol. The second kappa shape index (κ2) is 48.5. The summed E-state index contributed by atoms with van der Waals surface area (Å²) in [5.74, 6) is -22.9. The van der Waals surface area contributed by atoms with Crippen molar-refractivity contribution in [1.29, 1.82) is 0 Å². The number of amides is 16. The van der Waals surface area contributed by atoms with E-state index in [0.29, 0.717) is 27.6 Å². The molecule has 2 bridgehead atoms. The lowest BCUT2D eigenvalue weighted by molar-refractivity contribution is -0.154. The highest BCUT2D eigenvalue weighted by atomic mass is 32.2. The smallest absolute Gasteiger partial charge is 0.326 e. The minimum Gasteiger partial charge on any atom is -0.508 e. The molecule has 43 nitrogen and oxygen atoms in total. The number of para-hydroxylation sites is 1. The maximum absolute atomic E-state index is 15.6. The molecule has 16 amide bonds. The van der Waals surface area contributed by atoms with E-state index < -0.39 is 255 Å². The average Bonchev–Trinajstić information content (AvgIpc) is 1.61. The van der Waals surface area contributed by atoms with E-state index in [1.54, 1.807) is 30.5 Å². The Morgan fingerprint density at radius 3 is 1.81 bits per heavy atom. The first-order valence-electron chi connectivity index (χ1n) is 41.2. The molecule has 14 atom stereocenters. The second-order valence-corrected chi connectivity index (χ2v) is 31.8. The molecule has 128 heavy (non-hydrogen) atoms. The number of H-pyrrole nitrogens is 1. The molecule has 4 aromatic carbocycles. The third-order valence-electron chi connectivity index (χ3n) is 21.2. The van der Waals surface area contributed by atoms with Gasteiger partial charge < -0.3 is 125 Å². The highest BCUT2D eigenvalue weighted by molar-refractivity contribution is 7.98. The van der Waals surface area contributed by atoms with E-state index in [0.717, 1.165) is 37.6 Å². The van der Waals surface area contributed by atoms with Gasteiger partial charge in [0.05, 0.1) is 33.1 Å². The van der Waals surface area contributed by atoms with Crippen molar-refractivity contribution in [3.63, 3.8) is 0 Å². The number of aromatic hydroxyl groups is 3. The molecule has 0 aliphatic carbocycles. The number of carboxylic acid groups (broad SMARTS) is 1. The molecule has 7 unspecified atom stereocenters. The van der Waals surface area contributed by atoms with Crippen LogP contribution in [0, 0.1) is 0 Å². The van der Waals surface area contributed by atoms with Crippen molar-refractivity contribution in [1.82, 2.24) is 84.3 Å². The quantitative estimate of drug-likeness (QED) is 0.0221. The Balaban J connectivity index is 1.26. The number of fused-ring (bicyclic) bond motifs is 13. The summed E-state index contributed by atoms with van der Waals surface area (Å²) >= 11 is 1.16. The number of thioether (sulfide) groups is 1. The lowest BCUT2D eigenvalue weighted by Gasteiger charge is -2.31. The van der Waals surface area contributed by atoms with Crippen LogP contribution in [0.2, 0.25) is 0 Å². The number of ether oxygens (including phenoxy) is 2. The topological polar surface area (TPSA) is 657 Å². The molecule has 0 spiro atoms. The van der Waals surface area contributed by atoms with Gasteiger partial charge in [-0.1, -0.05) is 54.6 Å². The number of phenolic OH excluding ortho intramolecular Hbond substituents is 3. The largest absolute Gasteiger partial charge is 0.508 e. The molecule has 3 fully saturated rings. The summed E-state index contributed by atoms with van der Waals surface area (Å²) in [7, 11) is 1.01. The molecular weight excluding hydrogens is 1700 g/mol. The van der Waals surface area contributed by atoms with Crippen molar-refractivity contribution < 1.29 is 126 Å². The second-order valence-electron chi connectivity index (χ2n) is 30.9. The van der Waals surface area contributed by atoms with Crippen LogP contribution < -0.4 is 80.2 Å². The molecule has 690 valence electrons. The van der Waals surface area contributed by atoms with E-state index in [2.05, 4.69) is 79.4 Å². The van der Waals surface area contributed by atoms with Gasteiger partial charge in [0, 0.05) is 75.6 Å². The molecule has 22 N–H and O–H groups in total. The maximum atomic E-state index is 15.6. The molecule has 3 aliphatic rings. The molecule has 4 heterocycles. The van der Waals surface area contributed by atoms with Crippen molar-refractivity contribution >= 4 is 135 Å². The average molecular weight is 1800 g/mol. The fraction of sp³-hybridized carbons (Fsp3) is 0.464. The number of rotatable bonds is 27. The number of nitrogens with two attached hydrogens (primary N) is 1. The number of aromatic amines is 1. The monoisotopic (exact) mass is 1800 g/mol. The van der Waals surface area contributed by atoms with E-state index in [-0.39, 0.29) is 99.4 Å². The number of carbonyl (C=O) groups excluding carboxylic acids is 18. The number of carbonyl (C=O) groups is 19. The first kappa shape index (κ1) is 99.5. The molecule has 3 saturated heterocycles. The number of aromatic nitrogens is 1. The third kappa shape index (κ3) is 30.4. The highest BCUT2D eigenvalue weighted by Crippen LogP contribution is 2.25. The van der Waals surface area contributed by atoms with Crippen LogP contribution in [0.3, 0.4) is 0 Å². The first-order valence-corrected chi connectivity index (χ1v) is 42.6. The van der Waals surface area contributed by atoms with Crippen LogP contribution in [0.4, 0.5) is 0 Å². The molecule has 5 aromatic rings. The zero-order valence-corrected chi connectivity index (χ0v) is 71.3. The summed E-state index contributed by atoms with van der Waals surface area (Å²) in [5.41, 5.74) is 7.49. The molecule has 1 aromatic heterocycles. The maximum Gasteiger partial charge on any atom is 0.326 e. The molecule has 0 radical (unpaired) electrons. The Hall–Kier alpha value is -13.9. The van der Waals surface area contributed by atoms with Gasteiger partial charge in [-0.2, -0.15) is 11.8 Å². The Kier molecular flexibility index (Phi) is 37.7. The van der Waals surface area contributed by atoms with Gasteiger partial charge in [0.1, 0.15) is 102 Å². The highest BCUT2D eigenvalue weighted by Gasteiger charge is 2.44. The summed E-state index contributed by atoms with van der Waals surface area (Å²) in [6, 6.07) is -1.34. The summed E-state index contributed by atoms with van der Waals surface area (Å²) in [5, 5.41) is 86.4. The number of phenols is 3. The van der Waals surface area contributed by atoms with E-state index in [1.165, 1.54) is 79.0 Å². The number of aliphatic carboxylic acids is 1. The van der Waals surface area contributed by atoms with Crippen molar-refractivity contribution in [3.8, 4) is 17.2 Å². The van der Waals surface area contributed by atoms with Crippen molar-refractivity contribution in [2.45, 2.75) is 201 Å². The number of carboxylic acids is 1. The Bertz CT molecular complexity index is 4860. The fourth-order valence-electron chi connectivity index (χ4n) is 14.4. The van der Waals surface area contributed by atoms with Crippen LogP contribution in [-0.2, 0) is 126 Å². The number of primary amides is 1. The lowest BCUT2D eigenvalue weighted by Crippen LogP contribution is -2.62. The van der Waals surface area contributed by atoms with Gasteiger partial charge in [0.2, 0.25) is 94.5 Å². The van der Waals surface area contributed by atoms with Crippen molar-refractivity contribution in [2.24, 2.45) is 5.73 Å². The van der Waals surface area contributed by atoms with Gasteiger partial charge in [-0.05, 0) is 135 Å². The molecule has 8 rings (SSSR count). The Morgan fingerprint density at radius 2 is 1.18 bits per heavy atom. The zero-order chi connectivity index (χ0) is 93.4. The number of nitrogens with zero attached hydrogens (tertiary/aromatic N) is 1. The normalized spacial score (nSPS) is 22.6. The van der Waals surface area contributed by atoms with E-state index >= 15 is 38.4 Å². The van der Waals surface area contributed by atoms with E-state index in [1.807, 2.05) is 0 Å². The summed E-state index contributed by atoms with van der Waals surface area (Å²) < 4.78 is 10.7. The lowest BCUT2D eigenvalue weighted by atomic mass is 10.0. The molecule has 0 saturated carbocycles. The summed E-state index contributed by atoms with van der Waals surface area (Å²) in [6.07, 6.45) is -6.09. The van der Waals surface area contributed by atoms with Gasteiger partial charge in [-0.15, -0.1) is 0 Å². The summed E-state index contributed by atoms with van der Waals surface area (Å²) in [4.78, 5) is 278. The number of benzene rings is 4. The minimum atomic E-state index is -2.36. The molecular formula is C84H107N17O26S. The number of hydrogen-bond acceptors (Lipinski definition) is 26. The van der Waals surface area contributed by atoms with Crippen molar-refractivity contribution in [2.75, 3.05) is 45.4 Å². The number of hydrogen-bond donors (Lipinski definition) is 21. The van der Waals surface area contributed by atoms with Crippen LogP contribution in [0.5, 0.6) is 17.2 Å². The van der Waals surface area contributed by atoms with Gasteiger partial charge in [0.15, 0.2) is 0 Å². The SMILES string of the molecule is COC(=O)CCC1NC(=O)[C@H](Cc2c[nH]c3ccccc23)NC(=O)[C@@H]2CC(=O)O[C@H](C)[C@H](NC(=O)[C@H](CC(N)=O)NC(=O)CNC(=O)[C@H](Cc3ccc(O)cc3)NC(C)=O)C(=O)NC(CCSC)C(=O)NC(CCCCNC(=O)CCC(C(=O)NC(Cc3ccc(O)cc3)C(=O)O)NC1=O)C(=O)N[C@@H](Cc1ccc(O)cc1)C(=O)N1CCCC1C(=O)NC(CO)C(=O)N2. The number of esters is 2. The number of aliphatic hydroxyl groups is 1. The number of aliphatic hydroxyl groups excluding tert-OH is 1. The Morgan fingerprint density at radius 1 is 0.602 bits per heavy atom. The van der Waals surface area contributed by atoms with Crippen LogP contribution in [0.1, 0.15) is 113 Å². The van der Waals surface area contributed by atoms with Gasteiger partial charge in [-0.25, -0.2) is 4.79 Å². The van der Waals surface area contributed by atoms with E-state index in [4.69, 9.17) is 15.2 Å². The van der Waals surface area contributed by atoms with Crippen LogP contribution in [0.15, 0.2) is 103 Å². The standard InChI is InChI=1S/C84H107N17O26S/c1-43-71(100-79(119)60(38-66(85)107)90-68(109)41-88-72(112)58(89-44(2)103)34-45-14-20-49(104)21-15-45)82(122)94-57(30-33-128-4)76(116)91-54-12-7-8-31-86-67(108)28-26-55(75(115)98-63(84(124)125)36-47-18-24-51(106)25-19-47)92-74(114)56(27-29-69(110)126-3)93-77(117)59(37-48-40-87-53-11-6-5-10-52(48)53)95-78(118)61(39-70(111)127-43)96-80(120)64(42-102)99-81(121)65-13-9-32-101(65)83(123)62(97-73(54)113)35-46-16-22-50(105)23-17-46/h5-6,10-11,14-25,40,43,54-65,71,87,102,104-106H,7-9,12-13,26-39,41-42H2,1-4H3,(H2,85,107)(H,86,108)(H,88,112)(H,89,103)(H,90,109)(H,91,116)(H,92,114)(H,93,117)(H,94,122)(H,95,118)(H,96,120)(H,97,113)(H,98,115)(H,99,121)(H,100,119)(H,124,125)/t43-,54?,55?,56?,57?,58+,59+,60+,61+,62+,63?,64?,65?,71+/m1/s1. The molecule has 44 heteroatoms. The van der Waals surface area contributed by atoms with Crippen LogP contribution in [0.25, 0.3) is 10.9 Å². The molecule has 3 aliphatic heterocycles. The van der Waals surface area contributed by atoms with Crippen LogP contribution >= 0.6 is 11.8 Å². The Labute approximate surface area is 737 Å².